The van der Waals surface area contributed by atoms with Crippen LogP contribution in [0.25, 0.3) is 0 Å². The van der Waals surface area contributed by atoms with E-state index in [2.05, 4.69) is 0 Å². The molecule has 5 heteroatoms. The molecule has 0 saturated heterocycles. The van der Waals surface area contributed by atoms with E-state index in [1.54, 1.807) is 0 Å². The molecule has 2 nitrogen and oxygen atoms in total. The minimum Gasteiger partial charge on any atom is -0.512 e. The Kier molecular flexibility index (Phi) is 29.4. The first-order valence-corrected chi connectivity index (χ1v) is 2.90. The van der Waals surface area contributed by atoms with Crippen LogP contribution in [-0.4, -0.2) is 23.0 Å². The minimum absolute atomic E-state index is 0. The fourth-order valence-electron chi connectivity index (χ4n) is 0.0412. The van der Waals surface area contributed by atoms with Gasteiger partial charge in [0.05, 0.1) is 6.10 Å². The van der Waals surface area contributed by atoms with Crippen LogP contribution in [0.2, 0.25) is 0 Å². The third kappa shape index (κ3) is 17.6. The van der Waals surface area contributed by atoms with Crippen LogP contribution in [0.4, 0.5) is 0 Å². The van der Waals surface area contributed by atoms with Gasteiger partial charge < -0.3 is 16.9 Å². The van der Waals surface area contributed by atoms with Crippen molar-refractivity contribution in [3.05, 3.63) is 6.57 Å². The molecule has 0 fully saturated rings. The molecule has 0 unspecified atom stereocenters. The largest absolute Gasteiger partial charge is 1.00 e. The molecule has 0 spiro atoms. The van der Waals surface area contributed by atoms with E-state index in [1.807, 2.05) is 0 Å². The van der Waals surface area contributed by atoms with E-state index in [9.17, 15) is 0 Å². The standard InChI is InChI=1S/C3H6Cl2O.CN.Na/c4-1-3(6)2-5;1-2;/h3,6H,1-2H2;;/q;-1;+1. The summed E-state index contributed by atoms with van der Waals surface area (Å²) in [5.74, 6) is 0.451. The van der Waals surface area contributed by atoms with Crippen LogP contribution in [-0.2, 0) is 0 Å². The molecule has 0 aliphatic heterocycles. The summed E-state index contributed by atoms with van der Waals surface area (Å²) in [6, 6.07) is 0. The van der Waals surface area contributed by atoms with Crippen molar-refractivity contribution >= 4 is 23.2 Å². The van der Waals surface area contributed by atoms with Crippen molar-refractivity contribution in [3.63, 3.8) is 0 Å². The zero-order chi connectivity index (χ0) is 6.99. The molecule has 0 rings (SSSR count). The van der Waals surface area contributed by atoms with Gasteiger partial charge in [-0.3, -0.25) is 0 Å². The molecule has 0 atom stereocenters. The molecule has 0 aliphatic rings. The molecule has 0 amide bonds. The van der Waals surface area contributed by atoms with Crippen molar-refractivity contribution in [2.45, 2.75) is 6.10 Å². The van der Waals surface area contributed by atoms with Crippen LogP contribution >= 0.6 is 23.2 Å². The molecule has 0 aromatic rings. The first-order valence-electron chi connectivity index (χ1n) is 1.83. The summed E-state index contributed by atoms with van der Waals surface area (Å²) >= 11 is 10.2. The number of rotatable bonds is 2. The van der Waals surface area contributed by atoms with Crippen LogP contribution in [0.1, 0.15) is 0 Å². The second-order valence-corrected chi connectivity index (χ2v) is 1.58. The van der Waals surface area contributed by atoms with Crippen molar-refractivity contribution in [3.8, 4) is 0 Å². The van der Waals surface area contributed by atoms with Crippen molar-refractivity contribution in [1.82, 2.24) is 0 Å². The van der Waals surface area contributed by atoms with Gasteiger partial charge in [0, 0.05) is 11.8 Å². The summed E-state index contributed by atoms with van der Waals surface area (Å²) in [6.45, 7) is 4.75. The topological polar surface area (TPSA) is 44.0 Å². The van der Waals surface area contributed by atoms with E-state index in [0.717, 1.165) is 0 Å². The summed E-state index contributed by atoms with van der Waals surface area (Å²) in [5.41, 5.74) is 0. The number of halogens is 2. The smallest absolute Gasteiger partial charge is 0.512 e. The van der Waals surface area contributed by atoms with E-state index in [4.69, 9.17) is 40.1 Å². The SMILES string of the molecule is OC(CCl)CCl.[C-]#N.[Na+]. The van der Waals surface area contributed by atoms with Crippen LogP contribution in [0, 0.1) is 11.8 Å². The summed E-state index contributed by atoms with van der Waals surface area (Å²) in [6.07, 6.45) is -0.534. The summed E-state index contributed by atoms with van der Waals surface area (Å²) in [5, 5.41) is 14.7. The number of aliphatic hydroxyl groups excluding tert-OH is 1. The third-order valence-electron chi connectivity index (χ3n) is 0.356. The van der Waals surface area contributed by atoms with Gasteiger partial charge in [0.15, 0.2) is 0 Å². The fraction of sp³-hybridized carbons (Fsp3) is 0.750. The maximum Gasteiger partial charge on any atom is 1.00 e. The maximum absolute atomic E-state index is 8.40. The predicted octanol–water partition coefficient (Wildman–Crippen LogP) is -2.07. The number of alkyl halides is 2. The number of hydrogen-bond acceptors (Lipinski definition) is 2. The second-order valence-electron chi connectivity index (χ2n) is 0.962. The number of nitrogens with zero attached hydrogens (tertiary/aromatic N) is 1. The van der Waals surface area contributed by atoms with Crippen LogP contribution in [0.3, 0.4) is 0 Å². The summed E-state index contributed by atoms with van der Waals surface area (Å²) < 4.78 is 0. The Balaban J connectivity index is -0.000000109. The van der Waals surface area contributed by atoms with Gasteiger partial charge in [0.1, 0.15) is 0 Å². The average Bonchev–Trinajstić information content (AvgIpc) is 1.91. The van der Waals surface area contributed by atoms with Crippen molar-refractivity contribution in [2.24, 2.45) is 0 Å². The Bertz CT molecular complexity index is 57.8. The van der Waals surface area contributed by atoms with Crippen molar-refractivity contribution in [1.29, 1.82) is 5.26 Å². The molecule has 0 aliphatic carbocycles. The molecule has 1 N–H and O–H groups in total. The third-order valence-corrected chi connectivity index (χ3v) is 1.07. The maximum atomic E-state index is 8.40. The molecule has 0 aromatic heterocycles. The Hall–Kier alpha value is 1.03. The molecular formula is C4H6Cl2NNaO. The van der Waals surface area contributed by atoms with Gasteiger partial charge in [-0.25, -0.2) is 0 Å². The Morgan fingerprint density at radius 2 is 1.56 bits per heavy atom. The molecule has 0 bridgehead atoms. The van der Waals surface area contributed by atoms with Gasteiger partial charge in [0.2, 0.25) is 0 Å². The average molecular weight is 178 g/mol. The Labute approximate surface area is 87.0 Å². The molecule has 48 valence electrons. The first kappa shape index (κ1) is 16.5. The van der Waals surface area contributed by atoms with Gasteiger partial charge in [-0.1, -0.05) is 0 Å². The second kappa shape index (κ2) is 16.0. The van der Waals surface area contributed by atoms with Crippen LogP contribution in [0.15, 0.2) is 0 Å². The van der Waals surface area contributed by atoms with Crippen molar-refractivity contribution in [2.75, 3.05) is 11.8 Å². The fourth-order valence-corrected chi connectivity index (χ4v) is 0.371. The van der Waals surface area contributed by atoms with E-state index >= 15 is 0 Å². The van der Waals surface area contributed by atoms with Gasteiger partial charge in [-0.15, -0.1) is 23.2 Å². The molecule has 0 saturated carbocycles. The van der Waals surface area contributed by atoms with Gasteiger partial charge in [-0.2, -0.15) is 0 Å². The predicted molar refractivity (Wildman–Crippen MR) is 32.4 cm³/mol. The van der Waals surface area contributed by atoms with E-state index < -0.39 is 6.10 Å². The minimum atomic E-state index is -0.534. The van der Waals surface area contributed by atoms with Gasteiger partial charge >= 0.3 is 29.6 Å². The quantitative estimate of drug-likeness (QED) is 0.300. The summed E-state index contributed by atoms with van der Waals surface area (Å²) in [4.78, 5) is 0. The van der Waals surface area contributed by atoms with E-state index in [1.165, 1.54) is 0 Å². The summed E-state index contributed by atoms with van der Waals surface area (Å²) in [7, 11) is 0. The monoisotopic (exact) mass is 177 g/mol. The normalized spacial score (nSPS) is 6.89. The molecular weight excluding hydrogens is 172 g/mol. The zero-order valence-electron chi connectivity index (χ0n) is 5.14. The molecule has 0 aromatic carbocycles. The molecule has 0 radical (unpaired) electrons. The first-order chi connectivity index (χ1) is 3.81. The van der Waals surface area contributed by atoms with E-state index in [-0.39, 0.29) is 41.3 Å². The molecule has 0 heterocycles. The van der Waals surface area contributed by atoms with Gasteiger partial charge in [0.25, 0.3) is 0 Å². The Morgan fingerprint density at radius 1 is 1.33 bits per heavy atom. The van der Waals surface area contributed by atoms with E-state index in [0.29, 0.717) is 0 Å². The van der Waals surface area contributed by atoms with Crippen LogP contribution in [0.5, 0.6) is 0 Å². The molecule has 9 heavy (non-hydrogen) atoms. The number of aliphatic hydroxyl groups is 1. The van der Waals surface area contributed by atoms with Gasteiger partial charge in [-0.05, 0) is 0 Å². The number of hydrogen-bond donors (Lipinski definition) is 1. The Morgan fingerprint density at radius 3 is 1.56 bits per heavy atom. The van der Waals surface area contributed by atoms with Crippen molar-refractivity contribution < 1.29 is 34.7 Å². The zero-order valence-corrected chi connectivity index (χ0v) is 8.65. The van der Waals surface area contributed by atoms with Crippen LogP contribution < -0.4 is 29.6 Å².